The largest absolute Gasteiger partial charge is 0.508 e. The number of carbonyl (C=O) groups excluding carboxylic acids is 2. The lowest BCUT2D eigenvalue weighted by atomic mass is 9.46. The number of ketones is 1. The summed E-state index contributed by atoms with van der Waals surface area (Å²) in [5, 5.41) is 33.5. The zero-order valence-electron chi connectivity index (χ0n) is 18.7. The molecule has 0 aliphatic heterocycles. The van der Waals surface area contributed by atoms with Crippen LogP contribution >= 0.6 is 0 Å². The molecule has 4 aliphatic rings. The minimum absolute atomic E-state index is 0.0649. The number of rotatable bonds is 2. The fourth-order valence-corrected chi connectivity index (χ4v) is 7.36. The van der Waals surface area contributed by atoms with Crippen molar-refractivity contribution in [1.82, 2.24) is 0 Å². The summed E-state index contributed by atoms with van der Waals surface area (Å²) in [4.78, 5) is 24.5. The third-order valence-electron chi connectivity index (χ3n) is 9.03. The van der Waals surface area contributed by atoms with Crippen LogP contribution in [-0.2, 0) is 14.3 Å². The van der Waals surface area contributed by atoms with E-state index in [-0.39, 0.29) is 23.4 Å². The molecule has 0 aromatic carbocycles. The third-order valence-corrected chi connectivity index (χ3v) is 9.03. The van der Waals surface area contributed by atoms with E-state index in [1.165, 1.54) is 13.2 Å². The molecule has 0 spiro atoms. The standard InChI is InChI=1S/C24H34O7/c1-5-8-24(29)20(27)19(26)18-17-15(7-10-23(18,24)3)22(2)9-6-14(31-21(28)30-4)11-13(22)12-16(17)25/h5,8,12,14-19,25-26,29H,6-7,9-11H2,1-4H3/b8-5+/t14-,15?,16-,17?,18?,19-,22-,23-,24-/m0/s1. The highest BCUT2D eigenvalue weighted by Gasteiger charge is 2.71. The van der Waals surface area contributed by atoms with Crippen LogP contribution in [0, 0.1) is 28.6 Å². The highest BCUT2D eigenvalue weighted by atomic mass is 16.7. The SMILES string of the molecule is C/C=C/[C@]1(O)C(=O)[C@@H](O)C2C3C(CC[C@@]21C)[C@@]1(C)CC[C@H](OC(=O)OC)CC1=C[C@@H]3O. The summed E-state index contributed by atoms with van der Waals surface area (Å²) in [6.07, 6.45) is 5.18. The molecule has 9 atom stereocenters. The molecule has 0 bridgehead atoms. The Morgan fingerprint density at radius 3 is 2.58 bits per heavy atom. The summed E-state index contributed by atoms with van der Waals surface area (Å²) in [7, 11) is 1.28. The Hall–Kier alpha value is -1.70. The minimum atomic E-state index is -1.73. The van der Waals surface area contributed by atoms with Crippen molar-refractivity contribution in [3.8, 4) is 0 Å². The predicted octanol–water partition coefficient (Wildman–Crippen LogP) is 2.53. The maximum Gasteiger partial charge on any atom is 0.508 e. The predicted molar refractivity (Wildman–Crippen MR) is 112 cm³/mol. The topological polar surface area (TPSA) is 113 Å². The molecule has 3 N–H and O–H groups in total. The molecule has 3 unspecified atom stereocenters. The second-order valence-corrected chi connectivity index (χ2v) is 10.3. The zero-order valence-corrected chi connectivity index (χ0v) is 18.7. The molecule has 172 valence electrons. The van der Waals surface area contributed by atoms with Crippen molar-refractivity contribution in [2.75, 3.05) is 7.11 Å². The number of aliphatic hydroxyl groups excluding tert-OH is 2. The van der Waals surface area contributed by atoms with E-state index in [0.29, 0.717) is 19.3 Å². The van der Waals surface area contributed by atoms with Crippen LogP contribution in [0.25, 0.3) is 0 Å². The lowest BCUT2D eigenvalue weighted by Gasteiger charge is -2.59. The molecule has 0 aromatic heterocycles. The van der Waals surface area contributed by atoms with Gasteiger partial charge in [0, 0.05) is 17.8 Å². The Morgan fingerprint density at radius 1 is 1.23 bits per heavy atom. The number of Topliss-reactive ketones (excluding diaryl/α,β-unsaturated/α-hetero) is 1. The van der Waals surface area contributed by atoms with Gasteiger partial charge in [0.05, 0.1) is 13.2 Å². The van der Waals surface area contributed by atoms with Crippen molar-refractivity contribution in [1.29, 1.82) is 0 Å². The third kappa shape index (κ3) is 2.96. The molecule has 31 heavy (non-hydrogen) atoms. The van der Waals surface area contributed by atoms with E-state index >= 15 is 0 Å². The van der Waals surface area contributed by atoms with E-state index in [4.69, 9.17) is 4.74 Å². The van der Waals surface area contributed by atoms with Gasteiger partial charge in [-0.25, -0.2) is 4.79 Å². The van der Waals surface area contributed by atoms with E-state index in [0.717, 1.165) is 18.4 Å². The monoisotopic (exact) mass is 434 g/mol. The maximum absolute atomic E-state index is 13.0. The fraction of sp³-hybridized carbons (Fsp3) is 0.750. The van der Waals surface area contributed by atoms with E-state index in [1.807, 2.05) is 13.0 Å². The average Bonchev–Trinajstić information content (AvgIpc) is 2.87. The van der Waals surface area contributed by atoms with Gasteiger partial charge in [-0.3, -0.25) is 4.79 Å². The Labute approximate surface area is 183 Å². The van der Waals surface area contributed by atoms with Crippen LogP contribution in [0.1, 0.15) is 52.9 Å². The van der Waals surface area contributed by atoms with Gasteiger partial charge in [0.15, 0.2) is 5.78 Å². The van der Waals surface area contributed by atoms with Crippen LogP contribution in [0.5, 0.6) is 0 Å². The fourth-order valence-electron chi connectivity index (χ4n) is 7.36. The Morgan fingerprint density at radius 2 is 1.94 bits per heavy atom. The number of ether oxygens (including phenoxy) is 2. The Kier molecular flexibility index (Phi) is 5.39. The number of hydrogen-bond acceptors (Lipinski definition) is 7. The quantitative estimate of drug-likeness (QED) is 0.452. The number of hydrogen-bond donors (Lipinski definition) is 3. The van der Waals surface area contributed by atoms with Gasteiger partial charge in [0.1, 0.15) is 17.8 Å². The number of aliphatic hydroxyl groups is 3. The van der Waals surface area contributed by atoms with Crippen molar-refractivity contribution in [3.63, 3.8) is 0 Å². The summed E-state index contributed by atoms with van der Waals surface area (Å²) in [5.74, 6) is -1.37. The molecule has 0 radical (unpaired) electrons. The van der Waals surface area contributed by atoms with Crippen molar-refractivity contribution in [2.24, 2.45) is 28.6 Å². The van der Waals surface area contributed by atoms with Crippen LogP contribution in [0.4, 0.5) is 4.79 Å². The van der Waals surface area contributed by atoms with Gasteiger partial charge in [0.25, 0.3) is 0 Å². The summed E-state index contributed by atoms with van der Waals surface area (Å²) < 4.78 is 9.99. The normalized spacial score (nSPS) is 49.1. The number of carbonyl (C=O) groups is 2. The molecule has 0 saturated heterocycles. The van der Waals surface area contributed by atoms with Crippen molar-refractivity contribution in [3.05, 3.63) is 23.8 Å². The molecule has 3 fully saturated rings. The highest BCUT2D eigenvalue weighted by molar-refractivity contribution is 5.97. The van der Waals surface area contributed by atoms with Crippen molar-refractivity contribution < 1.29 is 34.4 Å². The molecular weight excluding hydrogens is 400 g/mol. The van der Waals surface area contributed by atoms with Gasteiger partial charge < -0.3 is 24.8 Å². The molecule has 7 nitrogen and oxygen atoms in total. The molecule has 4 rings (SSSR count). The van der Waals surface area contributed by atoms with Gasteiger partial charge in [-0.05, 0) is 55.9 Å². The zero-order chi connectivity index (χ0) is 22.8. The average molecular weight is 435 g/mol. The first kappa shape index (κ1) is 22.5. The first-order valence-electron chi connectivity index (χ1n) is 11.3. The molecule has 0 aromatic rings. The van der Waals surface area contributed by atoms with Crippen LogP contribution < -0.4 is 0 Å². The summed E-state index contributed by atoms with van der Waals surface area (Å²) in [5.41, 5.74) is -1.73. The van der Waals surface area contributed by atoms with Gasteiger partial charge in [-0.2, -0.15) is 0 Å². The highest BCUT2D eigenvalue weighted by Crippen LogP contribution is 2.66. The van der Waals surface area contributed by atoms with E-state index < -0.39 is 41.1 Å². The molecule has 0 amide bonds. The van der Waals surface area contributed by atoms with Crippen LogP contribution in [0.15, 0.2) is 23.8 Å². The molecular formula is C24H34O7. The minimum Gasteiger partial charge on any atom is -0.438 e. The molecule has 7 heteroatoms. The van der Waals surface area contributed by atoms with Crippen LogP contribution in [0.3, 0.4) is 0 Å². The lowest BCUT2D eigenvalue weighted by molar-refractivity contribution is -0.146. The van der Waals surface area contributed by atoms with Gasteiger partial charge in [-0.15, -0.1) is 0 Å². The number of fused-ring (bicyclic) bond motifs is 5. The van der Waals surface area contributed by atoms with Gasteiger partial charge >= 0.3 is 6.16 Å². The second kappa shape index (κ2) is 7.42. The van der Waals surface area contributed by atoms with Crippen molar-refractivity contribution >= 4 is 11.9 Å². The smallest absolute Gasteiger partial charge is 0.438 e. The maximum atomic E-state index is 13.0. The first-order chi connectivity index (χ1) is 14.5. The Bertz CT molecular complexity index is 834. The van der Waals surface area contributed by atoms with E-state index in [9.17, 15) is 24.9 Å². The Balaban J connectivity index is 1.70. The number of allylic oxidation sites excluding steroid dienone is 1. The number of methoxy groups -OCH3 is 1. The van der Waals surface area contributed by atoms with Gasteiger partial charge in [-0.1, -0.05) is 31.6 Å². The second-order valence-electron chi connectivity index (χ2n) is 10.3. The first-order valence-corrected chi connectivity index (χ1v) is 11.3. The van der Waals surface area contributed by atoms with Crippen LogP contribution in [-0.4, -0.2) is 58.3 Å². The van der Waals surface area contributed by atoms with Crippen molar-refractivity contribution in [2.45, 2.75) is 76.8 Å². The van der Waals surface area contributed by atoms with E-state index in [2.05, 4.69) is 11.7 Å². The van der Waals surface area contributed by atoms with Crippen LogP contribution in [0.2, 0.25) is 0 Å². The molecule has 0 heterocycles. The summed E-state index contributed by atoms with van der Waals surface area (Å²) in [6, 6.07) is 0. The lowest BCUT2D eigenvalue weighted by Crippen LogP contribution is -2.58. The molecule has 4 aliphatic carbocycles. The summed E-state index contributed by atoms with van der Waals surface area (Å²) in [6.45, 7) is 5.80. The van der Waals surface area contributed by atoms with E-state index in [1.54, 1.807) is 13.0 Å². The summed E-state index contributed by atoms with van der Waals surface area (Å²) >= 11 is 0. The molecule has 3 saturated carbocycles. The van der Waals surface area contributed by atoms with Gasteiger partial charge in [0.2, 0.25) is 0 Å².